The van der Waals surface area contributed by atoms with Crippen LogP contribution in [-0.4, -0.2) is 33.9 Å². The van der Waals surface area contributed by atoms with E-state index in [9.17, 15) is 9.59 Å². The standard InChI is InChI=1S/C13H16N4O2S.ClH/c1-8-10(3-2-4-14-8)16-11(18)9-7-15-13-17(12(9)19)5-6-20-13;/h5-8,10,14H,2-4H2,1H3,(H,16,18);1H. The minimum atomic E-state index is -0.344. The van der Waals surface area contributed by atoms with Crippen LogP contribution in [0.2, 0.25) is 0 Å². The lowest BCUT2D eigenvalue weighted by atomic mass is 9.99. The van der Waals surface area contributed by atoms with Crippen LogP contribution < -0.4 is 16.2 Å². The third-order valence-electron chi connectivity index (χ3n) is 3.67. The molecular formula is C13H17ClN4O2S. The number of carbonyl (C=O) groups is 1. The van der Waals surface area contributed by atoms with Gasteiger partial charge in [-0.3, -0.25) is 14.0 Å². The lowest BCUT2D eigenvalue weighted by Crippen LogP contribution is -2.52. The molecule has 1 saturated heterocycles. The fraction of sp³-hybridized carbons (Fsp3) is 0.462. The quantitative estimate of drug-likeness (QED) is 0.864. The Labute approximate surface area is 132 Å². The summed E-state index contributed by atoms with van der Waals surface area (Å²) in [6.45, 7) is 3.01. The summed E-state index contributed by atoms with van der Waals surface area (Å²) in [5.74, 6) is -0.344. The number of nitrogens with zero attached hydrogens (tertiary/aromatic N) is 2. The lowest BCUT2D eigenvalue weighted by molar-refractivity contribution is 0.0918. The molecule has 2 atom stereocenters. The molecule has 1 aliphatic rings. The second kappa shape index (κ2) is 6.55. The van der Waals surface area contributed by atoms with Crippen molar-refractivity contribution < 1.29 is 4.79 Å². The molecule has 0 radical (unpaired) electrons. The maximum Gasteiger partial charge on any atom is 0.271 e. The number of hydrogen-bond donors (Lipinski definition) is 2. The Morgan fingerprint density at radius 2 is 2.38 bits per heavy atom. The van der Waals surface area contributed by atoms with Gasteiger partial charge in [-0.1, -0.05) is 0 Å². The summed E-state index contributed by atoms with van der Waals surface area (Å²) in [5, 5.41) is 8.02. The average Bonchev–Trinajstić information content (AvgIpc) is 2.91. The fourth-order valence-corrected chi connectivity index (χ4v) is 3.14. The smallest absolute Gasteiger partial charge is 0.271 e. The third-order valence-corrected chi connectivity index (χ3v) is 4.44. The Hall–Kier alpha value is -1.44. The van der Waals surface area contributed by atoms with Crippen molar-refractivity contribution in [2.75, 3.05) is 6.54 Å². The maximum atomic E-state index is 12.3. The highest BCUT2D eigenvalue weighted by Crippen LogP contribution is 2.09. The van der Waals surface area contributed by atoms with Gasteiger partial charge in [0.05, 0.1) is 0 Å². The predicted molar refractivity (Wildman–Crippen MR) is 84.5 cm³/mol. The molecule has 114 valence electrons. The normalized spacial score (nSPS) is 21.8. The van der Waals surface area contributed by atoms with Gasteiger partial charge in [0.2, 0.25) is 0 Å². The van der Waals surface area contributed by atoms with Gasteiger partial charge in [0, 0.05) is 29.9 Å². The summed E-state index contributed by atoms with van der Waals surface area (Å²) in [6, 6.07) is 0.270. The number of nitrogens with one attached hydrogen (secondary N) is 2. The average molecular weight is 329 g/mol. The van der Waals surface area contributed by atoms with Gasteiger partial charge in [-0.15, -0.1) is 23.7 Å². The molecule has 8 heteroatoms. The van der Waals surface area contributed by atoms with Gasteiger partial charge in [-0.2, -0.15) is 0 Å². The van der Waals surface area contributed by atoms with Crippen molar-refractivity contribution in [3.8, 4) is 0 Å². The van der Waals surface area contributed by atoms with Crippen LogP contribution in [0, 0.1) is 0 Å². The van der Waals surface area contributed by atoms with Crippen molar-refractivity contribution in [2.24, 2.45) is 0 Å². The van der Waals surface area contributed by atoms with Crippen molar-refractivity contribution in [1.82, 2.24) is 20.0 Å². The zero-order chi connectivity index (χ0) is 14.1. The molecule has 6 nitrogen and oxygen atoms in total. The number of piperidine rings is 1. The van der Waals surface area contributed by atoms with E-state index in [1.807, 2.05) is 6.92 Å². The molecule has 2 unspecified atom stereocenters. The summed E-state index contributed by atoms with van der Waals surface area (Å²) in [4.78, 5) is 29.2. The number of halogens is 1. The Balaban J connectivity index is 0.00000161. The predicted octanol–water partition coefficient (Wildman–Crippen LogP) is 1.05. The first-order chi connectivity index (χ1) is 9.66. The molecular weight excluding hydrogens is 312 g/mol. The van der Waals surface area contributed by atoms with E-state index in [0.717, 1.165) is 19.4 Å². The number of hydrogen-bond acceptors (Lipinski definition) is 5. The third kappa shape index (κ3) is 3.09. The second-order valence-corrected chi connectivity index (χ2v) is 5.87. The van der Waals surface area contributed by atoms with Crippen LogP contribution in [0.15, 0.2) is 22.6 Å². The fourth-order valence-electron chi connectivity index (χ4n) is 2.47. The van der Waals surface area contributed by atoms with Crippen molar-refractivity contribution >= 4 is 34.6 Å². The van der Waals surface area contributed by atoms with E-state index in [-0.39, 0.29) is 41.5 Å². The van der Waals surface area contributed by atoms with E-state index >= 15 is 0 Å². The van der Waals surface area contributed by atoms with Gasteiger partial charge >= 0.3 is 0 Å². The molecule has 0 spiro atoms. The van der Waals surface area contributed by atoms with E-state index in [2.05, 4.69) is 15.6 Å². The van der Waals surface area contributed by atoms with Gasteiger partial charge in [0.1, 0.15) is 5.56 Å². The van der Waals surface area contributed by atoms with Crippen LogP contribution in [0.3, 0.4) is 0 Å². The lowest BCUT2D eigenvalue weighted by Gasteiger charge is -2.30. The van der Waals surface area contributed by atoms with Crippen LogP contribution in [0.25, 0.3) is 4.96 Å². The first-order valence-corrected chi connectivity index (χ1v) is 7.54. The molecule has 21 heavy (non-hydrogen) atoms. The molecule has 2 N–H and O–H groups in total. The Kier molecular flexibility index (Phi) is 4.97. The maximum absolute atomic E-state index is 12.3. The minimum Gasteiger partial charge on any atom is -0.348 e. The van der Waals surface area contributed by atoms with E-state index < -0.39 is 0 Å². The molecule has 0 saturated carbocycles. The molecule has 3 heterocycles. The highest BCUT2D eigenvalue weighted by Gasteiger charge is 2.24. The van der Waals surface area contributed by atoms with E-state index in [4.69, 9.17) is 0 Å². The summed E-state index contributed by atoms with van der Waals surface area (Å²) >= 11 is 1.37. The SMILES string of the molecule is CC1NCCCC1NC(=O)c1cnc2sccn2c1=O.Cl. The number of rotatable bonds is 2. The largest absolute Gasteiger partial charge is 0.348 e. The summed E-state index contributed by atoms with van der Waals surface area (Å²) in [5.41, 5.74) is -0.219. The molecule has 0 aromatic carbocycles. The first-order valence-electron chi connectivity index (χ1n) is 6.66. The van der Waals surface area contributed by atoms with Gasteiger partial charge in [0.15, 0.2) is 4.96 Å². The van der Waals surface area contributed by atoms with Crippen molar-refractivity contribution in [1.29, 1.82) is 0 Å². The van der Waals surface area contributed by atoms with Crippen LogP contribution in [0.4, 0.5) is 0 Å². The Bertz CT molecular complexity index is 699. The molecule has 0 aliphatic carbocycles. The molecule has 1 fully saturated rings. The van der Waals surface area contributed by atoms with Crippen LogP contribution in [0.5, 0.6) is 0 Å². The van der Waals surface area contributed by atoms with E-state index in [0.29, 0.717) is 4.96 Å². The van der Waals surface area contributed by atoms with Crippen LogP contribution >= 0.6 is 23.7 Å². The second-order valence-electron chi connectivity index (χ2n) is 5.00. The minimum absolute atomic E-state index is 0. The van der Waals surface area contributed by atoms with Gasteiger partial charge in [0.25, 0.3) is 11.5 Å². The van der Waals surface area contributed by atoms with Crippen molar-refractivity contribution in [3.63, 3.8) is 0 Å². The number of fused-ring (bicyclic) bond motifs is 1. The van der Waals surface area contributed by atoms with Gasteiger partial charge < -0.3 is 10.6 Å². The molecule has 0 bridgehead atoms. The summed E-state index contributed by atoms with van der Waals surface area (Å²) < 4.78 is 1.40. The summed E-state index contributed by atoms with van der Waals surface area (Å²) in [6.07, 6.45) is 4.95. The molecule has 1 aliphatic heterocycles. The van der Waals surface area contributed by atoms with E-state index in [1.165, 1.54) is 21.9 Å². The van der Waals surface area contributed by atoms with Gasteiger partial charge in [-0.25, -0.2) is 4.98 Å². The number of aromatic nitrogens is 2. The summed E-state index contributed by atoms with van der Waals surface area (Å²) in [7, 11) is 0. The topological polar surface area (TPSA) is 75.5 Å². The molecule has 1 amide bonds. The first kappa shape index (κ1) is 15.9. The zero-order valence-corrected chi connectivity index (χ0v) is 13.2. The monoisotopic (exact) mass is 328 g/mol. The zero-order valence-electron chi connectivity index (χ0n) is 11.5. The van der Waals surface area contributed by atoms with Crippen molar-refractivity contribution in [2.45, 2.75) is 31.8 Å². The highest BCUT2D eigenvalue weighted by molar-refractivity contribution is 7.15. The number of thiazole rings is 1. The Morgan fingerprint density at radius 3 is 3.14 bits per heavy atom. The van der Waals surface area contributed by atoms with E-state index in [1.54, 1.807) is 11.6 Å². The Morgan fingerprint density at radius 1 is 1.57 bits per heavy atom. The number of amides is 1. The van der Waals surface area contributed by atoms with Crippen LogP contribution in [0.1, 0.15) is 30.1 Å². The molecule has 3 rings (SSSR count). The van der Waals surface area contributed by atoms with Gasteiger partial charge in [-0.05, 0) is 26.3 Å². The van der Waals surface area contributed by atoms with Crippen molar-refractivity contribution in [3.05, 3.63) is 33.7 Å². The number of carbonyl (C=O) groups excluding carboxylic acids is 1. The highest BCUT2D eigenvalue weighted by atomic mass is 35.5. The van der Waals surface area contributed by atoms with Crippen LogP contribution in [-0.2, 0) is 0 Å². The molecule has 2 aromatic rings. The molecule has 2 aromatic heterocycles.